The number of nitrogens with zero attached hydrogens (tertiary/aromatic N) is 1. The summed E-state index contributed by atoms with van der Waals surface area (Å²) < 4.78 is 37.2. The molecule has 0 saturated carbocycles. The highest BCUT2D eigenvalue weighted by Crippen LogP contribution is 2.29. The van der Waals surface area contributed by atoms with Gasteiger partial charge in [0, 0.05) is 24.5 Å². The van der Waals surface area contributed by atoms with Gasteiger partial charge in [-0.3, -0.25) is 0 Å². The van der Waals surface area contributed by atoms with E-state index in [1.54, 1.807) is 12.3 Å². The van der Waals surface area contributed by atoms with Gasteiger partial charge >= 0.3 is 6.18 Å². The van der Waals surface area contributed by atoms with Gasteiger partial charge in [0.2, 0.25) is 0 Å². The fourth-order valence-corrected chi connectivity index (χ4v) is 1.64. The van der Waals surface area contributed by atoms with Gasteiger partial charge in [-0.1, -0.05) is 12.1 Å². The first-order chi connectivity index (χ1) is 9.36. The third-order valence-corrected chi connectivity index (χ3v) is 2.90. The van der Waals surface area contributed by atoms with Gasteiger partial charge in [-0.2, -0.15) is 13.2 Å². The van der Waals surface area contributed by atoms with E-state index < -0.39 is 11.7 Å². The molecule has 0 amide bonds. The number of pyridine rings is 1. The van der Waals surface area contributed by atoms with Gasteiger partial charge in [-0.15, -0.1) is 0 Å². The molecule has 2 aromatic rings. The fourth-order valence-electron chi connectivity index (χ4n) is 1.64. The Bertz CT molecular complexity index is 592. The predicted octanol–water partition coefficient (Wildman–Crippen LogP) is 3.60. The van der Waals surface area contributed by atoms with Crippen molar-refractivity contribution in [3.63, 3.8) is 0 Å². The van der Waals surface area contributed by atoms with Crippen LogP contribution in [0.2, 0.25) is 0 Å². The summed E-state index contributed by atoms with van der Waals surface area (Å²) in [6.07, 6.45) is -2.66. The van der Waals surface area contributed by atoms with E-state index in [9.17, 15) is 13.2 Å². The summed E-state index contributed by atoms with van der Waals surface area (Å²) in [5.41, 5.74) is 7.33. The molecule has 2 rings (SSSR count). The topological polar surface area (TPSA) is 50.9 Å². The molecule has 3 nitrogen and oxygen atoms in total. The van der Waals surface area contributed by atoms with E-state index in [4.69, 9.17) is 5.73 Å². The van der Waals surface area contributed by atoms with Crippen LogP contribution < -0.4 is 11.1 Å². The normalized spacial score (nSPS) is 11.4. The molecule has 0 radical (unpaired) electrons. The van der Waals surface area contributed by atoms with Crippen LogP contribution in [0, 0.1) is 6.92 Å². The van der Waals surface area contributed by atoms with Crippen LogP contribution in [0.5, 0.6) is 0 Å². The number of alkyl halides is 3. The molecule has 1 heterocycles. The molecule has 0 fully saturated rings. The number of benzene rings is 1. The summed E-state index contributed by atoms with van der Waals surface area (Å²) >= 11 is 0. The van der Waals surface area contributed by atoms with Crippen LogP contribution in [0.25, 0.3) is 0 Å². The zero-order valence-corrected chi connectivity index (χ0v) is 10.8. The van der Waals surface area contributed by atoms with Crippen LogP contribution in [-0.2, 0) is 12.7 Å². The molecule has 0 unspecified atom stereocenters. The summed E-state index contributed by atoms with van der Waals surface area (Å²) in [7, 11) is 0. The highest BCUT2D eigenvalue weighted by Gasteiger charge is 2.29. The standard InChI is InChI=1S/C14H14F3N3/c1-9-7-19-13(6-12(9)18)20-8-10-2-4-11(5-3-10)14(15,16)17/h2-7H,8H2,1H3,(H3,18,19,20). The maximum Gasteiger partial charge on any atom is 0.416 e. The summed E-state index contributed by atoms with van der Waals surface area (Å²) in [5, 5.41) is 3.01. The molecule has 0 aliphatic carbocycles. The molecule has 1 aromatic heterocycles. The number of nitrogens with two attached hydrogens (primary N) is 1. The van der Waals surface area contributed by atoms with Crippen molar-refractivity contribution in [3.05, 3.63) is 53.2 Å². The molecule has 20 heavy (non-hydrogen) atoms. The molecule has 0 aliphatic heterocycles. The zero-order chi connectivity index (χ0) is 14.8. The maximum atomic E-state index is 12.4. The second-order valence-corrected chi connectivity index (χ2v) is 4.47. The SMILES string of the molecule is Cc1cnc(NCc2ccc(C(F)(F)F)cc2)cc1N. The third-order valence-electron chi connectivity index (χ3n) is 2.90. The lowest BCUT2D eigenvalue weighted by atomic mass is 10.1. The molecular formula is C14H14F3N3. The number of halogens is 3. The Morgan fingerprint density at radius 2 is 1.85 bits per heavy atom. The van der Waals surface area contributed by atoms with E-state index in [0.29, 0.717) is 18.1 Å². The van der Waals surface area contributed by atoms with E-state index in [0.717, 1.165) is 23.3 Å². The number of hydrogen-bond acceptors (Lipinski definition) is 3. The second kappa shape index (κ2) is 5.40. The molecule has 0 saturated heterocycles. The average Bonchev–Trinajstić information content (AvgIpc) is 2.40. The minimum atomic E-state index is -4.31. The van der Waals surface area contributed by atoms with Crippen molar-refractivity contribution in [2.45, 2.75) is 19.6 Å². The van der Waals surface area contributed by atoms with Crippen LogP contribution in [0.3, 0.4) is 0 Å². The van der Waals surface area contributed by atoms with Crippen LogP contribution in [0.4, 0.5) is 24.7 Å². The van der Waals surface area contributed by atoms with E-state index >= 15 is 0 Å². The monoisotopic (exact) mass is 281 g/mol. The predicted molar refractivity (Wildman–Crippen MR) is 72.2 cm³/mol. The van der Waals surface area contributed by atoms with Gasteiger partial charge in [-0.05, 0) is 30.2 Å². The van der Waals surface area contributed by atoms with Crippen LogP contribution in [-0.4, -0.2) is 4.98 Å². The van der Waals surface area contributed by atoms with Gasteiger partial charge in [0.05, 0.1) is 5.56 Å². The Labute approximate surface area is 114 Å². The van der Waals surface area contributed by atoms with Crippen LogP contribution in [0.15, 0.2) is 36.5 Å². The van der Waals surface area contributed by atoms with Crippen LogP contribution >= 0.6 is 0 Å². The maximum absolute atomic E-state index is 12.4. The van der Waals surface area contributed by atoms with Crippen molar-refractivity contribution in [3.8, 4) is 0 Å². The number of nitrogens with one attached hydrogen (secondary N) is 1. The number of anilines is 2. The van der Waals surface area contributed by atoms with Gasteiger partial charge in [0.15, 0.2) is 0 Å². The Kier molecular flexibility index (Phi) is 3.83. The van der Waals surface area contributed by atoms with Crippen LogP contribution in [0.1, 0.15) is 16.7 Å². The Hall–Kier alpha value is -2.24. The average molecular weight is 281 g/mol. The highest BCUT2D eigenvalue weighted by molar-refractivity contribution is 5.53. The van der Waals surface area contributed by atoms with Gasteiger partial charge in [-0.25, -0.2) is 4.98 Å². The largest absolute Gasteiger partial charge is 0.416 e. The minimum Gasteiger partial charge on any atom is -0.398 e. The van der Waals surface area contributed by atoms with Crippen molar-refractivity contribution in [1.82, 2.24) is 4.98 Å². The summed E-state index contributed by atoms with van der Waals surface area (Å²) in [5.74, 6) is 0.591. The lowest BCUT2D eigenvalue weighted by Gasteiger charge is -2.09. The number of aryl methyl sites for hydroxylation is 1. The van der Waals surface area contributed by atoms with E-state index in [2.05, 4.69) is 10.3 Å². The molecule has 0 atom stereocenters. The summed E-state index contributed by atoms with van der Waals surface area (Å²) in [6.45, 7) is 2.23. The first-order valence-electron chi connectivity index (χ1n) is 5.98. The number of nitrogen functional groups attached to an aromatic ring is 1. The molecule has 3 N–H and O–H groups in total. The zero-order valence-electron chi connectivity index (χ0n) is 10.8. The van der Waals surface area contributed by atoms with E-state index in [1.807, 2.05) is 6.92 Å². The van der Waals surface area contributed by atoms with Gasteiger partial charge in [0.1, 0.15) is 5.82 Å². The minimum absolute atomic E-state index is 0.383. The molecule has 106 valence electrons. The van der Waals surface area contributed by atoms with Crippen molar-refractivity contribution < 1.29 is 13.2 Å². The highest BCUT2D eigenvalue weighted by atomic mass is 19.4. The molecule has 1 aromatic carbocycles. The fraction of sp³-hybridized carbons (Fsp3) is 0.214. The molecule has 6 heteroatoms. The first kappa shape index (κ1) is 14.2. The number of aromatic nitrogens is 1. The lowest BCUT2D eigenvalue weighted by Crippen LogP contribution is -2.06. The molecule has 0 spiro atoms. The van der Waals surface area contributed by atoms with Crippen molar-refractivity contribution in [2.24, 2.45) is 0 Å². The second-order valence-electron chi connectivity index (χ2n) is 4.47. The lowest BCUT2D eigenvalue weighted by molar-refractivity contribution is -0.137. The third kappa shape index (κ3) is 3.40. The molecule has 0 aliphatic rings. The molecule has 0 bridgehead atoms. The van der Waals surface area contributed by atoms with Gasteiger partial charge < -0.3 is 11.1 Å². The van der Waals surface area contributed by atoms with E-state index in [1.165, 1.54) is 12.1 Å². The van der Waals surface area contributed by atoms with E-state index in [-0.39, 0.29) is 0 Å². The van der Waals surface area contributed by atoms with Crippen molar-refractivity contribution in [2.75, 3.05) is 11.1 Å². The first-order valence-corrected chi connectivity index (χ1v) is 5.98. The quantitative estimate of drug-likeness (QED) is 0.903. The van der Waals surface area contributed by atoms with Crippen molar-refractivity contribution >= 4 is 11.5 Å². The number of hydrogen-bond donors (Lipinski definition) is 2. The Morgan fingerprint density at radius 3 is 2.40 bits per heavy atom. The smallest absolute Gasteiger partial charge is 0.398 e. The summed E-state index contributed by atoms with van der Waals surface area (Å²) in [6, 6.07) is 6.70. The number of rotatable bonds is 3. The summed E-state index contributed by atoms with van der Waals surface area (Å²) in [4.78, 5) is 4.14. The Morgan fingerprint density at radius 1 is 1.20 bits per heavy atom. The Balaban J connectivity index is 2.02. The van der Waals surface area contributed by atoms with Gasteiger partial charge in [0.25, 0.3) is 0 Å². The molecular weight excluding hydrogens is 267 g/mol. The van der Waals surface area contributed by atoms with Crippen molar-refractivity contribution in [1.29, 1.82) is 0 Å².